The quantitative estimate of drug-likeness (QED) is 0.782. The minimum absolute atomic E-state index is 0.0294. The predicted octanol–water partition coefficient (Wildman–Crippen LogP) is 4.92. The lowest BCUT2D eigenvalue weighted by molar-refractivity contribution is 0.0832. The van der Waals surface area contributed by atoms with Gasteiger partial charge in [0.25, 0.3) is 0 Å². The Bertz CT molecular complexity index is 830. The van der Waals surface area contributed by atoms with Crippen molar-refractivity contribution in [3.05, 3.63) is 77.4 Å². The van der Waals surface area contributed by atoms with E-state index in [4.69, 9.17) is 4.74 Å². The highest BCUT2D eigenvalue weighted by Crippen LogP contribution is 2.40. The topological polar surface area (TPSA) is 29.5 Å². The van der Waals surface area contributed by atoms with Crippen molar-refractivity contribution in [1.29, 1.82) is 0 Å². The van der Waals surface area contributed by atoms with Gasteiger partial charge in [0.05, 0.1) is 6.04 Å². The van der Waals surface area contributed by atoms with Crippen molar-refractivity contribution in [2.24, 2.45) is 0 Å². The van der Waals surface area contributed by atoms with Gasteiger partial charge < -0.3 is 4.74 Å². The molecule has 3 nitrogen and oxygen atoms in total. The fraction of sp³-hybridized carbons (Fsp3) is 0.286. The van der Waals surface area contributed by atoms with Crippen LogP contribution in [-0.2, 0) is 11.3 Å². The Kier molecular flexibility index (Phi) is 4.45. The van der Waals surface area contributed by atoms with Gasteiger partial charge in [-0.1, -0.05) is 42.5 Å². The molecule has 2 aliphatic rings. The number of hydrogen-bond acceptors (Lipinski definition) is 2. The average Bonchev–Trinajstić information content (AvgIpc) is 2.91. The summed E-state index contributed by atoms with van der Waals surface area (Å²) in [4.78, 5) is 14.2. The standard InChI is InChI=1S/C21H19F2NO2/c22-18-7-4-8-19(23)20(18)15-11-16-9-10-17(12-15)24(16)21(25)26-13-14-5-2-1-3-6-14/h1-8,11,16-17H,9-10,12-13H2. The molecular formula is C21H19F2NO2. The van der Waals surface area contributed by atoms with Gasteiger partial charge in [-0.05, 0) is 42.5 Å². The number of carbonyl (C=O) groups is 1. The summed E-state index contributed by atoms with van der Waals surface area (Å²) in [5.41, 5.74) is 1.59. The van der Waals surface area contributed by atoms with E-state index in [0.29, 0.717) is 12.0 Å². The number of nitrogens with zero attached hydrogens (tertiary/aromatic N) is 1. The van der Waals surface area contributed by atoms with Crippen LogP contribution in [0, 0.1) is 11.6 Å². The van der Waals surface area contributed by atoms with Crippen LogP contribution in [0.2, 0.25) is 0 Å². The summed E-state index contributed by atoms with van der Waals surface area (Å²) >= 11 is 0. The Morgan fingerprint density at radius 3 is 2.46 bits per heavy atom. The van der Waals surface area contributed by atoms with Crippen LogP contribution in [0.5, 0.6) is 0 Å². The minimum Gasteiger partial charge on any atom is -0.445 e. The van der Waals surface area contributed by atoms with E-state index in [1.54, 1.807) is 4.90 Å². The molecule has 2 unspecified atom stereocenters. The third-order valence-corrected chi connectivity index (χ3v) is 5.10. The maximum Gasteiger partial charge on any atom is 0.410 e. The number of fused-ring (bicyclic) bond motifs is 2. The fourth-order valence-corrected chi connectivity index (χ4v) is 3.90. The van der Waals surface area contributed by atoms with Crippen LogP contribution < -0.4 is 0 Å². The first-order chi connectivity index (χ1) is 12.6. The lowest BCUT2D eigenvalue weighted by Gasteiger charge is -2.33. The van der Waals surface area contributed by atoms with Crippen LogP contribution in [0.1, 0.15) is 30.4 Å². The van der Waals surface area contributed by atoms with E-state index in [0.717, 1.165) is 18.4 Å². The molecule has 2 aromatic carbocycles. The Balaban J connectivity index is 1.51. The van der Waals surface area contributed by atoms with Crippen LogP contribution in [0.25, 0.3) is 5.57 Å². The molecule has 0 radical (unpaired) electrons. The Hall–Kier alpha value is -2.69. The summed E-state index contributed by atoms with van der Waals surface area (Å²) in [5, 5.41) is 0. The zero-order valence-electron chi connectivity index (χ0n) is 14.2. The van der Waals surface area contributed by atoms with E-state index in [9.17, 15) is 13.6 Å². The molecule has 2 aliphatic heterocycles. The molecule has 0 N–H and O–H groups in total. The molecular weight excluding hydrogens is 336 g/mol. The molecule has 2 aromatic rings. The van der Waals surface area contributed by atoms with E-state index in [1.165, 1.54) is 18.2 Å². The second kappa shape index (κ2) is 6.90. The zero-order valence-corrected chi connectivity index (χ0v) is 14.2. The Labute approximate surface area is 150 Å². The summed E-state index contributed by atoms with van der Waals surface area (Å²) < 4.78 is 33.6. The molecule has 2 bridgehead atoms. The maximum absolute atomic E-state index is 14.1. The van der Waals surface area contributed by atoms with Gasteiger partial charge in [-0.25, -0.2) is 13.6 Å². The largest absolute Gasteiger partial charge is 0.445 e. The van der Waals surface area contributed by atoms with Gasteiger partial charge in [0.2, 0.25) is 0 Å². The SMILES string of the molecule is O=C(OCc1ccccc1)N1C2C=C(c3c(F)cccc3F)CC1CC2. The van der Waals surface area contributed by atoms with Crippen molar-refractivity contribution in [2.45, 2.75) is 38.0 Å². The number of benzene rings is 2. The van der Waals surface area contributed by atoms with Crippen LogP contribution >= 0.6 is 0 Å². The molecule has 0 spiro atoms. The molecule has 4 rings (SSSR count). The van der Waals surface area contributed by atoms with Crippen molar-refractivity contribution >= 4 is 11.7 Å². The lowest BCUT2D eigenvalue weighted by atomic mass is 9.94. The van der Waals surface area contributed by atoms with Gasteiger partial charge in [0.15, 0.2) is 0 Å². The fourth-order valence-electron chi connectivity index (χ4n) is 3.90. The van der Waals surface area contributed by atoms with E-state index < -0.39 is 11.6 Å². The first kappa shape index (κ1) is 16.8. The molecule has 2 heterocycles. The lowest BCUT2D eigenvalue weighted by Crippen LogP contribution is -2.43. The minimum atomic E-state index is -0.559. The number of halogens is 2. The number of rotatable bonds is 3. The van der Waals surface area contributed by atoms with Crippen LogP contribution in [0.3, 0.4) is 0 Å². The predicted molar refractivity (Wildman–Crippen MR) is 94.2 cm³/mol. The molecule has 0 aromatic heterocycles. The van der Waals surface area contributed by atoms with Crippen LogP contribution in [-0.4, -0.2) is 23.1 Å². The van der Waals surface area contributed by atoms with Gasteiger partial charge in [-0.2, -0.15) is 0 Å². The highest BCUT2D eigenvalue weighted by molar-refractivity contribution is 5.75. The molecule has 26 heavy (non-hydrogen) atoms. The van der Waals surface area contributed by atoms with E-state index in [1.807, 2.05) is 36.4 Å². The summed E-state index contributed by atoms with van der Waals surface area (Å²) in [6.45, 7) is 0.216. The molecule has 134 valence electrons. The smallest absolute Gasteiger partial charge is 0.410 e. The van der Waals surface area contributed by atoms with Crippen LogP contribution in [0.15, 0.2) is 54.6 Å². The van der Waals surface area contributed by atoms with Gasteiger partial charge in [0, 0.05) is 11.6 Å². The summed E-state index contributed by atoms with van der Waals surface area (Å²) in [7, 11) is 0. The third-order valence-electron chi connectivity index (χ3n) is 5.10. The maximum atomic E-state index is 14.1. The highest BCUT2D eigenvalue weighted by atomic mass is 19.1. The molecule has 5 heteroatoms. The number of carbonyl (C=O) groups excluding carboxylic acids is 1. The summed E-state index contributed by atoms with van der Waals surface area (Å²) in [6.07, 6.45) is 3.47. The number of amides is 1. The molecule has 1 fully saturated rings. The van der Waals surface area contributed by atoms with E-state index in [2.05, 4.69) is 0 Å². The monoisotopic (exact) mass is 355 g/mol. The molecule has 1 saturated heterocycles. The number of hydrogen-bond donors (Lipinski definition) is 0. The first-order valence-electron chi connectivity index (χ1n) is 8.77. The van der Waals surface area contributed by atoms with Crippen molar-refractivity contribution in [2.75, 3.05) is 0 Å². The van der Waals surface area contributed by atoms with Crippen molar-refractivity contribution < 1.29 is 18.3 Å². The van der Waals surface area contributed by atoms with Crippen molar-refractivity contribution in [3.63, 3.8) is 0 Å². The Morgan fingerprint density at radius 2 is 1.77 bits per heavy atom. The van der Waals surface area contributed by atoms with Gasteiger partial charge in [0.1, 0.15) is 18.2 Å². The number of ether oxygens (including phenoxy) is 1. The van der Waals surface area contributed by atoms with Crippen molar-refractivity contribution in [3.8, 4) is 0 Å². The second-order valence-corrected chi connectivity index (χ2v) is 6.74. The molecule has 1 amide bonds. The molecule has 2 atom stereocenters. The molecule has 0 aliphatic carbocycles. The highest BCUT2D eigenvalue weighted by Gasteiger charge is 2.41. The zero-order chi connectivity index (χ0) is 18.1. The summed E-state index contributed by atoms with van der Waals surface area (Å²) in [6, 6.07) is 13.1. The van der Waals surface area contributed by atoms with Gasteiger partial charge in [-0.3, -0.25) is 4.90 Å². The van der Waals surface area contributed by atoms with Crippen molar-refractivity contribution in [1.82, 2.24) is 4.90 Å². The Morgan fingerprint density at radius 1 is 1.04 bits per heavy atom. The summed E-state index contributed by atoms with van der Waals surface area (Å²) in [5.74, 6) is -1.12. The van der Waals surface area contributed by atoms with Crippen LogP contribution in [0.4, 0.5) is 13.6 Å². The second-order valence-electron chi connectivity index (χ2n) is 6.74. The van der Waals surface area contributed by atoms with E-state index in [-0.39, 0.29) is 30.3 Å². The normalized spacial score (nSPS) is 21.5. The average molecular weight is 355 g/mol. The first-order valence-corrected chi connectivity index (χ1v) is 8.77. The molecule has 0 saturated carbocycles. The van der Waals surface area contributed by atoms with E-state index >= 15 is 0 Å². The van der Waals surface area contributed by atoms with Gasteiger partial charge in [-0.15, -0.1) is 0 Å². The third kappa shape index (κ3) is 3.09. The van der Waals surface area contributed by atoms with Gasteiger partial charge >= 0.3 is 6.09 Å².